The molecule has 2 aromatic heterocycles. The standard InChI is InChI=1S/C20H19N3O2/c1-15-14-17(3-4-19(15)25-18-8-12-22-13-9-18)23-20(24)5-2-16-6-10-21-11-7-16/h3-4,6-14H,2,5H2,1H3,(H,23,24). The number of nitrogens with one attached hydrogen (secondary N) is 1. The number of carbonyl (C=O) groups excluding carboxylic acids is 1. The van der Waals surface area contributed by atoms with Crippen LogP contribution in [0.5, 0.6) is 11.5 Å². The number of benzene rings is 1. The van der Waals surface area contributed by atoms with Crippen molar-refractivity contribution in [3.63, 3.8) is 0 Å². The fourth-order valence-corrected chi connectivity index (χ4v) is 2.41. The lowest BCUT2D eigenvalue weighted by molar-refractivity contribution is -0.116. The maximum atomic E-state index is 12.1. The fraction of sp³-hybridized carbons (Fsp3) is 0.150. The highest BCUT2D eigenvalue weighted by Gasteiger charge is 2.06. The van der Waals surface area contributed by atoms with Crippen LogP contribution >= 0.6 is 0 Å². The number of anilines is 1. The number of amides is 1. The molecule has 0 saturated carbocycles. The molecule has 0 atom stereocenters. The molecule has 3 aromatic rings. The van der Waals surface area contributed by atoms with Crippen LogP contribution in [0.25, 0.3) is 0 Å². The maximum Gasteiger partial charge on any atom is 0.224 e. The molecule has 0 unspecified atom stereocenters. The van der Waals surface area contributed by atoms with E-state index in [-0.39, 0.29) is 5.91 Å². The Morgan fingerprint density at radius 2 is 1.68 bits per heavy atom. The number of ether oxygens (including phenoxy) is 1. The molecule has 126 valence electrons. The topological polar surface area (TPSA) is 64.1 Å². The molecule has 0 aliphatic rings. The van der Waals surface area contributed by atoms with E-state index in [9.17, 15) is 4.79 Å². The highest BCUT2D eigenvalue weighted by atomic mass is 16.5. The van der Waals surface area contributed by atoms with Crippen LogP contribution < -0.4 is 10.1 Å². The molecule has 0 aliphatic heterocycles. The summed E-state index contributed by atoms with van der Waals surface area (Å²) in [4.78, 5) is 20.0. The summed E-state index contributed by atoms with van der Waals surface area (Å²) in [5, 5.41) is 2.92. The number of aryl methyl sites for hydroxylation is 2. The highest BCUT2D eigenvalue weighted by molar-refractivity contribution is 5.91. The van der Waals surface area contributed by atoms with Gasteiger partial charge in [0.1, 0.15) is 11.5 Å². The number of aromatic nitrogens is 2. The Balaban J connectivity index is 1.58. The van der Waals surface area contributed by atoms with Gasteiger partial charge in [0.15, 0.2) is 0 Å². The Morgan fingerprint density at radius 3 is 2.36 bits per heavy atom. The van der Waals surface area contributed by atoms with Crippen LogP contribution in [-0.2, 0) is 11.2 Å². The summed E-state index contributed by atoms with van der Waals surface area (Å²) in [6, 6.07) is 13.0. The first-order chi connectivity index (χ1) is 12.2. The van der Waals surface area contributed by atoms with Crippen LogP contribution in [0.1, 0.15) is 17.5 Å². The zero-order valence-corrected chi connectivity index (χ0v) is 14.0. The lowest BCUT2D eigenvalue weighted by atomic mass is 10.1. The molecule has 0 aliphatic carbocycles. The molecule has 1 N–H and O–H groups in total. The second-order valence-electron chi connectivity index (χ2n) is 5.67. The zero-order valence-electron chi connectivity index (χ0n) is 14.0. The Labute approximate surface area is 146 Å². The van der Waals surface area contributed by atoms with E-state index < -0.39 is 0 Å². The van der Waals surface area contributed by atoms with Gasteiger partial charge in [0.25, 0.3) is 0 Å². The van der Waals surface area contributed by atoms with Gasteiger partial charge in [-0.3, -0.25) is 14.8 Å². The van der Waals surface area contributed by atoms with Gasteiger partial charge < -0.3 is 10.1 Å². The van der Waals surface area contributed by atoms with Crippen molar-refractivity contribution in [1.29, 1.82) is 0 Å². The normalized spacial score (nSPS) is 10.3. The smallest absolute Gasteiger partial charge is 0.224 e. The predicted molar refractivity (Wildman–Crippen MR) is 96.7 cm³/mol. The van der Waals surface area contributed by atoms with Crippen LogP contribution in [0.4, 0.5) is 5.69 Å². The van der Waals surface area contributed by atoms with Gasteiger partial charge in [-0.2, -0.15) is 0 Å². The first-order valence-electron chi connectivity index (χ1n) is 8.08. The molecular weight excluding hydrogens is 314 g/mol. The molecule has 0 bridgehead atoms. The Morgan fingerprint density at radius 1 is 1.00 bits per heavy atom. The SMILES string of the molecule is Cc1cc(NC(=O)CCc2ccncc2)ccc1Oc1ccncc1. The van der Waals surface area contributed by atoms with Gasteiger partial charge in [0.2, 0.25) is 5.91 Å². The zero-order chi connectivity index (χ0) is 17.5. The lowest BCUT2D eigenvalue weighted by Crippen LogP contribution is -2.12. The third-order valence-electron chi connectivity index (χ3n) is 3.73. The van der Waals surface area contributed by atoms with Gasteiger partial charge in [-0.15, -0.1) is 0 Å². The minimum Gasteiger partial charge on any atom is -0.457 e. The van der Waals surface area contributed by atoms with Crippen LogP contribution in [-0.4, -0.2) is 15.9 Å². The Hall–Kier alpha value is -3.21. The van der Waals surface area contributed by atoms with E-state index in [0.717, 1.165) is 28.3 Å². The molecule has 25 heavy (non-hydrogen) atoms. The van der Waals surface area contributed by atoms with Gasteiger partial charge in [-0.05, 0) is 66.9 Å². The average Bonchev–Trinajstić information content (AvgIpc) is 2.64. The van der Waals surface area contributed by atoms with E-state index in [0.29, 0.717) is 12.8 Å². The van der Waals surface area contributed by atoms with Crippen molar-refractivity contribution in [2.75, 3.05) is 5.32 Å². The summed E-state index contributed by atoms with van der Waals surface area (Å²) in [7, 11) is 0. The molecule has 0 radical (unpaired) electrons. The largest absolute Gasteiger partial charge is 0.457 e. The summed E-state index contributed by atoms with van der Waals surface area (Å²) < 4.78 is 5.82. The van der Waals surface area contributed by atoms with Crippen LogP contribution in [0.2, 0.25) is 0 Å². The Kier molecular flexibility index (Phi) is 5.36. The van der Waals surface area contributed by atoms with Gasteiger partial charge >= 0.3 is 0 Å². The summed E-state index contributed by atoms with van der Waals surface area (Å²) in [5.41, 5.74) is 2.81. The monoisotopic (exact) mass is 333 g/mol. The number of nitrogens with zero attached hydrogens (tertiary/aromatic N) is 2. The van der Waals surface area contributed by atoms with Crippen molar-refractivity contribution in [3.8, 4) is 11.5 Å². The number of hydrogen-bond donors (Lipinski definition) is 1. The minimum atomic E-state index is -0.0148. The number of pyridine rings is 2. The molecule has 1 aromatic carbocycles. The number of rotatable bonds is 6. The molecule has 0 fully saturated rings. The van der Waals surface area contributed by atoms with E-state index >= 15 is 0 Å². The molecular formula is C20H19N3O2. The third-order valence-corrected chi connectivity index (χ3v) is 3.73. The average molecular weight is 333 g/mol. The maximum absolute atomic E-state index is 12.1. The summed E-state index contributed by atoms with van der Waals surface area (Å²) >= 11 is 0. The molecule has 5 heteroatoms. The Bertz CT molecular complexity index is 836. The summed E-state index contributed by atoms with van der Waals surface area (Å²) in [5.74, 6) is 1.47. The second kappa shape index (κ2) is 8.06. The minimum absolute atomic E-state index is 0.0148. The second-order valence-corrected chi connectivity index (χ2v) is 5.67. The van der Waals surface area contributed by atoms with Crippen molar-refractivity contribution in [2.45, 2.75) is 19.8 Å². The van der Waals surface area contributed by atoms with Crippen LogP contribution in [0.15, 0.2) is 67.3 Å². The third kappa shape index (κ3) is 4.88. The van der Waals surface area contributed by atoms with E-state index in [2.05, 4.69) is 15.3 Å². The molecule has 2 heterocycles. The van der Waals surface area contributed by atoms with Crippen molar-refractivity contribution < 1.29 is 9.53 Å². The van der Waals surface area contributed by atoms with E-state index in [4.69, 9.17) is 4.74 Å². The predicted octanol–water partition coefficient (Wildman–Crippen LogP) is 4.15. The van der Waals surface area contributed by atoms with E-state index in [1.54, 1.807) is 36.9 Å². The summed E-state index contributed by atoms with van der Waals surface area (Å²) in [6.07, 6.45) is 7.95. The van der Waals surface area contributed by atoms with Gasteiger partial charge in [0.05, 0.1) is 0 Å². The van der Waals surface area contributed by atoms with Crippen molar-refractivity contribution >= 4 is 11.6 Å². The number of hydrogen-bond acceptors (Lipinski definition) is 4. The van der Waals surface area contributed by atoms with Crippen LogP contribution in [0, 0.1) is 6.92 Å². The first kappa shape index (κ1) is 16.6. The van der Waals surface area contributed by atoms with Gasteiger partial charge in [-0.1, -0.05) is 0 Å². The first-order valence-corrected chi connectivity index (χ1v) is 8.08. The molecule has 1 amide bonds. The fourth-order valence-electron chi connectivity index (χ4n) is 2.41. The number of carbonyl (C=O) groups is 1. The van der Waals surface area contributed by atoms with Gasteiger partial charge in [0, 0.05) is 36.9 Å². The van der Waals surface area contributed by atoms with Crippen molar-refractivity contribution in [1.82, 2.24) is 9.97 Å². The lowest BCUT2D eigenvalue weighted by Gasteiger charge is -2.11. The van der Waals surface area contributed by atoms with Gasteiger partial charge in [-0.25, -0.2) is 0 Å². The molecule has 0 saturated heterocycles. The molecule has 5 nitrogen and oxygen atoms in total. The van der Waals surface area contributed by atoms with E-state index in [1.165, 1.54) is 0 Å². The van der Waals surface area contributed by atoms with Crippen molar-refractivity contribution in [3.05, 3.63) is 78.4 Å². The van der Waals surface area contributed by atoms with E-state index in [1.807, 2.05) is 37.3 Å². The quantitative estimate of drug-likeness (QED) is 0.736. The molecule has 3 rings (SSSR count). The van der Waals surface area contributed by atoms with Crippen LogP contribution in [0.3, 0.4) is 0 Å². The van der Waals surface area contributed by atoms with Crippen molar-refractivity contribution in [2.24, 2.45) is 0 Å². The highest BCUT2D eigenvalue weighted by Crippen LogP contribution is 2.27. The summed E-state index contributed by atoms with van der Waals surface area (Å²) in [6.45, 7) is 1.95. The molecule has 0 spiro atoms.